The van der Waals surface area contributed by atoms with Crippen LogP contribution in [0.25, 0.3) is 0 Å². The summed E-state index contributed by atoms with van der Waals surface area (Å²) >= 11 is 1.31. The highest BCUT2D eigenvalue weighted by Crippen LogP contribution is 2.32. The van der Waals surface area contributed by atoms with Gasteiger partial charge in [-0.15, -0.1) is 10.2 Å². The standard InChI is InChI=1S/C18H25N5O2S/c1-25-15-9-5-6-13(10-15)11-20-16(24)12-26-18-22-21-17(23(18)19)14-7-3-2-4-8-14/h5-6,9-10,14H,2-4,7-8,11-12,19H2,1H3,(H,20,24). The van der Waals surface area contributed by atoms with Crippen LogP contribution in [0.2, 0.25) is 0 Å². The van der Waals surface area contributed by atoms with Gasteiger partial charge in [0.15, 0.2) is 5.82 Å². The number of rotatable bonds is 7. The zero-order chi connectivity index (χ0) is 18.4. The number of nitrogen functional groups attached to an aromatic ring is 1. The van der Waals surface area contributed by atoms with Gasteiger partial charge in [0.25, 0.3) is 0 Å². The molecule has 0 atom stereocenters. The van der Waals surface area contributed by atoms with Crippen molar-refractivity contribution in [2.24, 2.45) is 0 Å². The van der Waals surface area contributed by atoms with Crippen molar-refractivity contribution in [3.8, 4) is 5.75 Å². The summed E-state index contributed by atoms with van der Waals surface area (Å²) in [5, 5.41) is 11.9. The topological polar surface area (TPSA) is 95.1 Å². The molecule has 1 aliphatic rings. The minimum atomic E-state index is -0.0694. The largest absolute Gasteiger partial charge is 0.497 e. The molecule has 0 saturated heterocycles. The van der Waals surface area contributed by atoms with Crippen LogP contribution < -0.4 is 15.9 Å². The summed E-state index contributed by atoms with van der Waals surface area (Å²) in [6.45, 7) is 0.458. The molecule has 1 fully saturated rings. The third-order valence-corrected chi connectivity index (χ3v) is 5.56. The van der Waals surface area contributed by atoms with Gasteiger partial charge in [-0.05, 0) is 30.5 Å². The van der Waals surface area contributed by atoms with E-state index in [0.717, 1.165) is 30.0 Å². The van der Waals surface area contributed by atoms with Crippen molar-refractivity contribution in [2.45, 2.75) is 49.7 Å². The van der Waals surface area contributed by atoms with E-state index in [0.29, 0.717) is 17.6 Å². The Hall–Kier alpha value is -2.22. The molecule has 26 heavy (non-hydrogen) atoms. The number of ether oxygens (including phenoxy) is 1. The predicted molar refractivity (Wildman–Crippen MR) is 102 cm³/mol. The van der Waals surface area contributed by atoms with Gasteiger partial charge in [0.05, 0.1) is 12.9 Å². The Labute approximate surface area is 157 Å². The van der Waals surface area contributed by atoms with Crippen LogP contribution in [0.1, 0.15) is 49.4 Å². The maximum atomic E-state index is 12.1. The number of amides is 1. The second-order valence-corrected chi connectivity index (χ2v) is 7.41. The zero-order valence-corrected chi connectivity index (χ0v) is 15.8. The van der Waals surface area contributed by atoms with E-state index in [1.807, 2.05) is 24.3 Å². The van der Waals surface area contributed by atoms with E-state index in [-0.39, 0.29) is 11.7 Å². The first-order valence-corrected chi connectivity index (χ1v) is 9.88. The lowest BCUT2D eigenvalue weighted by atomic mass is 9.89. The van der Waals surface area contributed by atoms with Crippen LogP contribution in [0.5, 0.6) is 5.75 Å². The molecule has 8 heteroatoms. The number of nitrogens with two attached hydrogens (primary N) is 1. The van der Waals surface area contributed by atoms with E-state index in [2.05, 4.69) is 15.5 Å². The van der Waals surface area contributed by atoms with Crippen LogP contribution in [-0.2, 0) is 11.3 Å². The number of nitrogens with one attached hydrogen (secondary N) is 1. The van der Waals surface area contributed by atoms with Gasteiger partial charge in [-0.1, -0.05) is 43.2 Å². The monoisotopic (exact) mass is 375 g/mol. The van der Waals surface area contributed by atoms with Crippen LogP contribution in [0, 0.1) is 0 Å². The number of thioether (sulfide) groups is 1. The maximum Gasteiger partial charge on any atom is 0.230 e. The SMILES string of the molecule is COc1cccc(CNC(=O)CSc2nnc(C3CCCCC3)n2N)c1. The Morgan fingerprint density at radius 1 is 1.35 bits per heavy atom. The van der Waals surface area contributed by atoms with Gasteiger partial charge in [-0.25, -0.2) is 4.68 Å². The van der Waals surface area contributed by atoms with E-state index in [4.69, 9.17) is 10.6 Å². The number of methoxy groups -OCH3 is 1. The highest BCUT2D eigenvalue weighted by molar-refractivity contribution is 7.99. The summed E-state index contributed by atoms with van der Waals surface area (Å²) in [7, 11) is 1.62. The third-order valence-electron chi connectivity index (χ3n) is 4.62. The van der Waals surface area contributed by atoms with Crippen LogP contribution in [-0.4, -0.2) is 33.6 Å². The molecule has 140 valence electrons. The Bertz CT molecular complexity index is 743. The first-order chi connectivity index (χ1) is 12.7. The highest BCUT2D eigenvalue weighted by atomic mass is 32.2. The maximum absolute atomic E-state index is 12.1. The van der Waals surface area contributed by atoms with E-state index in [1.54, 1.807) is 11.8 Å². The van der Waals surface area contributed by atoms with E-state index >= 15 is 0 Å². The van der Waals surface area contributed by atoms with Gasteiger partial charge in [-0.3, -0.25) is 4.79 Å². The molecule has 7 nitrogen and oxygen atoms in total. The molecule has 1 aliphatic carbocycles. The quantitative estimate of drug-likeness (QED) is 0.570. The Balaban J connectivity index is 1.49. The normalized spacial score (nSPS) is 15.0. The van der Waals surface area contributed by atoms with Gasteiger partial charge in [-0.2, -0.15) is 0 Å². The molecule has 0 radical (unpaired) electrons. The van der Waals surface area contributed by atoms with Crippen LogP contribution >= 0.6 is 11.8 Å². The lowest BCUT2D eigenvalue weighted by Gasteiger charge is -2.20. The van der Waals surface area contributed by atoms with Crippen LogP contribution in [0.15, 0.2) is 29.4 Å². The number of hydrogen-bond donors (Lipinski definition) is 2. The van der Waals surface area contributed by atoms with E-state index < -0.39 is 0 Å². The number of aromatic nitrogens is 3. The lowest BCUT2D eigenvalue weighted by Crippen LogP contribution is -2.25. The second-order valence-electron chi connectivity index (χ2n) is 6.46. The van der Waals surface area contributed by atoms with Gasteiger partial charge in [0.2, 0.25) is 11.1 Å². The molecule has 1 amide bonds. The number of hydrogen-bond acceptors (Lipinski definition) is 6. The highest BCUT2D eigenvalue weighted by Gasteiger charge is 2.22. The second kappa shape index (κ2) is 8.93. The van der Waals surface area contributed by atoms with Gasteiger partial charge >= 0.3 is 0 Å². The fourth-order valence-electron chi connectivity index (χ4n) is 3.19. The molecule has 2 aromatic rings. The van der Waals surface area contributed by atoms with E-state index in [9.17, 15) is 4.79 Å². The number of benzene rings is 1. The minimum absolute atomic E-state index is 0.0694. The van der Waals surface area contributed by atoms with Gasteiger partial charge < -0.3 is 15.9 Å². The predicted octanol–water partition coefficient (Wildman–Crippen LogP) is 2.46. The first kappa shape index (κ1) is 18.6. The summed E-state index contributed by atoms with van der Waals surface area (Å²) in [6.07, 6.45) is 5.94. The number of carbonyl (C=O) groups is 1. The van der Waals surface area contributed by atoms with Crippen molar-refractivity contribution in [2.75, 3.05) is 18.7 Å². The molecule has 3 N–H and O–H groups in total. The van der Waals surface area contributed by atoms with E-state index in [1.165, 1.54) is 31.0 Å². The first-order valence-electron chi connectivity index (χ1n) is 8.90. The smallest absolute Gasteiger partial charge is 0.230 e. The fraction of sp³-hybridized carbons (Fsp3) is 0.500. The molecule has 0 unspecified atom stereocenters. The lowest BCUT2D eigenvalue weighted by molar-refractivity contribution is -0.118. The Kier molecular flexibility index (Phi) is 6.38. The van der Waals surface area contributed by atoms with Gasteiger partial charge in [0, 0.05) is 12.5 Å². The molecule has 0 bridgehead atoms. The summed E-state index contributed by atoms with van der Waals surface area (Å²) in [6, 6.07) is 7.63. The number of carbonyl (C=O) groups excluding carboxylic acids is 1. The molecular weight excluding hydrogens is 350 g/mol. The molecule has 0 aliphatic heterocycles. The summed E-state index contributed by atoms with van der Waals surface area (Å²) < 4.78 is 6.74. The average molecular weight is 375 g/mol. The summed E-state index contributed by atoms with van der Waals surface area (Å²) in [5.41, 5.74) is 0.990. The molecule has 1 heterocycles. The summed E-state index contributed by atoms with van der Waals surface area (Å²) in [5.74, 6) is 8.33. The van der Waals surface area contributed by atoms with Crippen molar-refractivity contribution >= 4 is 17.7 Å². The fourth-order valence-corrected chi connectivity index (χ4v) is 3.88. The molecule has 1 saturated carbocycles. The molecule has 0 spiro atoms. The molecule has 1 aromatic heterocycles. The zero-order valence-electron chi connectivity index (χ0n) is 15.0. The van der Waals surface area contributed by atoms with Crippen LogP contribution in [0.4, 0.5) is 0 Å². The third kappa shape index (κ3) is 4.69. The average Bonchev–Trinajstić information content (AvgIpc) is 3.06. The van der Waals surface area contributed by atoms with Crippen molar-refractivity contribution in [3.05, 3.63) is 35.7 Å². The van der Waals surface area contributed by atoms with Gasteiger partial charge in [0.1, 0.15) is 5.75 Å². The van der Waals surface area contributed by atoms with Crippen molar-refractivity contribution < 1.29 is 9.53 Å². The number of nitrogens with zero attached hydrogens (tertiary/aromatic N) is 3. The summed E-state index contributed by atoms with van der Waals surface area (Å²) in [4.78, 5) is 12.1. The minimum Gasteiger partial charge on any atom is -0.497 e. The Morgan fingerprint density at radius 3 is 2.92 bits per heavy atom. The van der Waals surface area contributed by atoms with Crippen LogP contribution in [0.3, 0.4) is 0 Å². The Morgan fingerprint density at radius 2 is 2.15 bits per heavy atom. The molecule has 1 aromatic carbocycles. The molecule has 3 rings (SSSR count). The van der Waals surface area contributed by atoms with Crippen molar-refractivity contribution in [3.63, 3.8) is 0 Å². The molecular formula is C18H25N5O2S. The van der Waals surface area contributed by atoms with Crippen molar-refractivity contribution in [1.29, 1.82) is 0 Å². The van der Waals surface area contributed by atoms with Crippen molar-refractivity contribution in [1.82, 2.24) is 20.2 Å².